The second-order valence-electron chi connectivity index (χ2n) is 5.90. The minimum atomic E-state index is 0.0950. The highest BCUT2D eigenvalue weighted by molar-refractivity contribution is 6.01. The molecule has 1 fully saturated rings. The van der Waals surface area contributed by atoms with Crippen molar-refractivity contribution in [3.05, 3.63) is 28.3 Å². The van der Waals surface area contributed by atoms with Crippen LogP contribution in [0.25, 0.3) is 0 Å². The number of anilines is 1. The van der Waals surface area contributed by atoms with Gasteiger partial charge in [-0.2, -0.15) is 0 Å². The average molecular weight is 244 g/mol. The number of nitrogens with two attached hydrogens (primary N) is 1. The van der Waals surface area contributed by atoms with Crippen LogP contribution >= 0.6 is 0 Å². The Kier molecular flexibility index (Phi) is 2.33. The van der Waals surface area contributed by atoms with E-state index in [0.29, 0.717) is 6.42 Å². The molecular weight excluding hydrogens is 224 g/mol. The van der Waals surface area contributed by atoms with Gasteiger partial charge >= 0.3 is 0 Å². The van der Waals surface area contributed by atoms with Crippen molar-refractivity contribution in [1.82, 2.24) is 0 Å². The molecule has 1 aromatic rings. The van der Waals surface area contributed by atoms with E-state index in [1.807, 2.05) is 0 Å². The Balaban J connectivity index is 2.23. The van der Waals surface area contributed by atoms with E-state index >= 15 is 0 Å². The van der Waals surface area contributed by atoms with Gasteiger partial charge in [0.25, 0.3) is 0 Å². The fourth-order valence-electron chi connectivity index (χ4n) is 3.32. The molecule has 1 aliphatic carbocycles. The highest BCUT2D eigenvalue weighted by atomic mass is 16.1. The van der Waals surface area contributed by atoms with Gasteiger partial charge < -0.3 is 11.1 Å². The Bertz CT molecular complexity index is 542. The summed E-state index contributed by atoms with van der Waals surface area (Å²) in [5.74, 6) is 0.108. The van der Waals surface area contributed by atoms with E-state index in [4.69, 9.17) is 5.73 Å². The molecule has 0 spiro atoms. The third-order valence-electron chi connectivity index (χ3n) is 4.70. The molecule has 2 aliphatic rings. The van der Waals surface area contributed by atoms with Crippen molar-refractivity contribution in [2.24, 2.45) is 5.73 Å². The van der Waals surface area contributed by atoms with Crippen LogP contribution in [-0.2, 0) is 16.6 Å². The minimum absolute atomic E-state index is 0.0950. The highest BCUT2D eigenvalue weighted by Gasteiger charge is 2.50. The van der Waals surface area contributed by atoms with Crippen molar-refractivity contribution in [3.8, 4) is 0 Å². The van der Waals surface area contributed by atoms with Crippen molar-refractivity contribution >= 4 is 11.6 Å². The summed E-state index contributed by atoms with van der Waals surface area (Å²) in [5.41, 5.74) is 12.4. The van der Waals surface area contributed by atoms with Crippen LogP contribution in [-0.4, -0.2) is 11.9 Å². The van der Waals surface area contributed by atoms with Crippen LogP contribution in [0.1, 0.15) is 42.0 Å². The predicted molar refractivity (Wildman–Crippen MR) is 72.8 cm³/mol. The first-order chi connectivity index (χ1) is 8.45. The van der Waals surface area contributed by atoms with Gasteiger partial charge in [0.2, 0.25) is 5.91 Å². The van der Waals surface area contributed by atoms with Crippen molar-refractivity contribution in [3.63, 3.8) is 0 Å². The molecule has 3 nitrogen and oxygen atoms in total. The van der Waals surface area contributed by atoms with Crippen LogP contribution in [0.4, 0.5) is 5.69 Å². The number of rotatable bonds is 2. The average Bonchev–Trinajstić information content (AvgIpc) is 2.99. The van der Waals surface area contributed by atoms with Crippen LogP contribution in [0.15, 0.2) is 6.07 Å². The fraction of sp³-hybridized carbons (Fsp3) is 0.533. The number of hydrogen-bond donors (Lipinski definition) is 2. The predicted octanol–water partition coefficient (Wildman–Crippen LogP) is 2.18. The number of carbonyl (C=O) groups is 1. The van der Waals surface area contributed by atoms with E-state index in [1.54, 1.807) is 0 Å². The molecule has 96 valence electrons. The maximum Gasteiger partial charge on any atom is 0.228 e. The zero-order valence-corrected chi connectivity index (χ0v) is 11.3. The molecular formula is C15H20N2O. The van der Waals surface area contributed by atoms with E-state index in [9.17, 15) is 4.79 Å². The third kappa shape index (κ3) is 1.43. The number of aryl methyl sites for hydroxylation is 1. The van der Waals surface area contributed by atoms with E-state index in [1.165, 1.54) is 16.7 Å². The Hall–Kier alpha value is -1.35. The van der Waals surface area contributed by atoms with Crippen molar-refractivity contribution < 1.29 is 4.79 Å². The van der Waals surface area contributed by atoms with Gasteiger partial charge in [-0.15, -0.1) is 0 Å². The van der Waals surface area contributed by atoms with E-state index in [-0.39, 0.29) is 17.4 Å². The van der Waals surface area contributed by atoms with Gasteiger partial charge in [0, 0.05) is 17.1 Å². The summed E-state index contributed by atoms with van der Waals surface area (Å²) in [5, 5.41) is 3.04. The van der Waals surface area contributed by atoms with Crippen LogP contribution < -0.4 is 11.1 Å². The lowest BCUT2D eigenvalue weighted by molar-refractivity contribution is -0.115. The zero-order valence-electron chi connectivity index (χ0n) is 11.3. The Morgan fingerprint density at radius 1 is 1.39 bits per heavy atom. The first-order valence-corrected chi connectivity index (χ1v) is 6.65. The number of amides is 1. The minimum Gasteiger partial charge on any atom is -0.327 e. The summed E-state index contributed by atoms with van der Waals surface area (Å²) in [4.78, 5) is 11.6. The van der Waals surface area contributed by atoms with Crippen LogP contribution in [0.2, 0.25) is 0 Å². The van der Waals surface area contributed by atoms with Gasteiger partial charge in [-0.1, -0.05) is 6.07 Å². The molecule has 0 bridgehead atoms. The van der Waals surface area contributed by atoms with Gasteiger partial charge in [-0.3, -0.25) is 4.79 Å². The van der Waals surface area contributed by atoms with Gasteiger partial charge in [0.15, 0.2) is 0 Å². The Morgan fingerprint density at radius 2 is 2.06 bits per heavy atom. The molecule has 0 aromatic heterocycles. The molecule has 1 aliphatic heterocycles. The summed E-state index contributed by atoms with van der Waals surface area (Å²) in [6.45, 7) is 6.36. The molecule has 1 atom stereocenters. The number of hydrogen-bond acceptors (Lipinski definition) is 2. The second kappa shape index (κ2) is 3.58. The molecule has 0 saturated heterocycles. The molecule has 1 unspecified atom stereocenters. The third-order valence-corrected chi connectivity index (χ3v) is 4.70. The molecule has 1 heterocycles. The van der Waals surface area contributed by atoms with E-state index in [2.05, 4.69) is 32.2 Å². The first kappa shape index (κ1) is 11.7. The van der Waals surface area contributed by atoms with E-state index < -0.39 is 0 Å². The van der Waals surface area contributed by atoms with Crippen molar-refractivity contribution in [1.29, 1.82) is 0 Å². The zero-order chi connectivity index (χ0) is 13.1. The molecule has 3 rings (SSSR count). The van der Waals surface area contributed by atoms with Crippen LogP contribution in [0.3, 0.4) is 0 Å². The van der Waals surface area contributed by atoms with Gasteiger partial charge in [0.1, 0.15) is 0 Å². The molecule has 1 aromatic carbocycles. The summed E-state index contributed by atoms with van der Waals surface area (Å²) < 4.78 is 0. The SMILES string of the molecule is Cc1cc2c(c(C3(C(C)N)CC3)c1C)NC(=O)C2. The maximum atomic E-state index is 11.6. The summed E-state index contributed by atoms with van der Waals surface area (Å²) in [7, 11) is 0. The molecule has 1 amide bonds. The topological polar surface area (TPSA) is 55.1 Å². The molecule has 3 heteroatoms. The number of carbonyl (C=O) groups excluding carboxylic acids is 1. The smallest absolute Gasteiger partial charge is 0.228 e. The summed E-state index contributed by atoms with van der Waals surface area (Å²) in [6, 6.07) is 2.28. The van der Waals surface area contributed by atoms with Crippen molar-refractivity contribution in [2.75, 3.05) is 5.32 Å². The first-order valence-electron chi connectivity index (χ1n) is 6.65. The molecule has 0 radical (unpaired) electrons. The standard InChI is InChI=1S/C15H20N2O/c1-8-6-11-7-12(18)17-14(11)13(9(8)2)15(4-5-15)10(3)16/h6,10H,4-5,7,16H2,1-3H3,(H,17,18). The van der Waals surface area contributed by atoms with Crippen LogP contribution in [0, 0.1) is 13.8 Å². The largest absolute Gasteiger partial charge is 0.327 e. The Morgan fingerprint density at radius 3 is 2.61 bits per heavy atom. The van der Waals surface area contributed by atoms with Crippen molar-refractivity contribution in [2.45, 2.75) is 51.5 Å². The Labute approximate surface area is 108 Å². The van der Waals surface area contributed by atoms with Gasteiger partial charge in [0.05, 0.1) is 6.42 Å². The quantitative estimate of drug-likeness (QED) is 0.837. The monoisotopic (exact) mass is 244 g/mol. The molecule has 3 N–H and O–H groups in total. The summed E-state index contributed by atoms with van der Waals surface area (Å²) >= 11 is 0. The lowest BCUT2D eigenvalue weighted by atomic mass is 9.82. The maximum absolute atomic E-state index is 11.6. The second-order valence-corrected chi connectivity index (χ2v) is 5.90. The fourth-order valence-corrected chi connectivity index (χ4v) is 3.32. The highest BCUT2D eigenvalue weighted by Crippen LogP contribution is 2.55. The normalized spacial score (nSPS) is 21.4. The van der Waals surface area contributed by atoms with Gasteiger partial charge in [-0.25, -0.2) is 0 Å². The lowest BCUT2D eigenvalue weighted by Crippen LogP contribution is -2.33. The molecule has 18 heavy (non-hydrogen) atoms. The summed E-state index contributed by atoms with van der Waals surface area (Å²) in [6.07, 6.45) is 2.78. The number of fused-ring (bicyclic) bond motifs is 1. The van der Waals surface area contributed by atoms with Crippen LogP contribution in [0.5, 0.6) is 0 Å². The lowest BCUT2D eigenvalue weighted by Gasteiger charge is -2.26. The molecule has 1 saturated carbocycles. The number of benzene rings is 1. The van der Waals surface area contributed by atoms with E-state index in [0.717, 1.165) is 24.1 Å². The van der Waals surface area contributed by atoms with Gasteiger partial charge in [-0.05, 0) is 55.9 Å². The number of nitrogens with one attached hydrogen (secondary N) is 1.